The monoisotopic (exact) mass is 551 g/mol. The first-order chi connectivity index (χ1) is 19.1. The number of benzene rings is 2. The fraction of sp³-hybridized carbons (Fsp3) is 0.321. The highest BCUT2D eigenvalue weighted by atomic mass is 16.4. The molecule has 212 valence electrons. The Kier molecular flexibility index (Phi) is 10.8. The summed E-state index contributed by atoms with van der Waals surface area (Å²) < 4.78 is 0. The summed E-state index contributed by atoms with van der Waals surface area (Å²) in [7, 11) is 0. The van der Waals surface area contributed by atoms with Gasteiger partial charge in [0.2, 0.25) is 23.6 Å². The van der Waals surface area contributed by atoms with Gasteiger partial charge in [-0.3, -0.25) is 19.2 Å². The summed E-state index contributed by atoms with van der Waals surface area (Å²) in [6.07, 6.45) is 3.18. The third kappa shape index (κ3) is 9.24. The Hall–Kier alpha value is -4.71. The van der Waals surface area contributed by atoms with Crippen LogP contribution < -0.4 is 27.0 Å². The smallest absolute Gasteiger partial charge is 0.326 e. The SMILES string of the molecule is N[C@@H](Cc1ccc(O)cc1)C(=O)N[C@@H]1C/C=C/C[C@H](C(=O)O)NC(=O)[C@H](Cc2ccccc2)NC(=O)CNC1=O. The number of phenolic OH excluding ortho intramolecular Hbond substituents is 1. The first-order valence-corrected chi connectivity index (χ1v) is 12.8. The zero-order valence-corrected chi connectivity index (χ0v) is 21.7. The molecular weight excluding hydrogens is 518 g/mol. The van der Waals surface area contributed by atoms with E-state index in [2.05, 4.69) is 21.3 Å². The van der Waals surface area contributed by atoms with Gasteiger partial charge >= 0.3 is 5.97 Å². The summed E-state index contributed by atoms with van der Waals surface area (Å²) in [6, 6.07) is 10.6. The summed E-state index contributed by atoms with van der Waals surface area (Å²) >= 11 is 0. The minimum atomic E-state index is -1.28. The van der Waals surface area contributed by atoms with Gasteiger partial charge in [0.15, 0.2) is 0 Å². The number of nitrogens with one attached hydrogen (secondary N) is 4. The normalized spacial score (nSPS) is 22.0. The standard InChI is InChI=1S/C28H33N5O7/c29-20(14-18-10-12-19(34)13-11-18)25(36)32-21-8-4-5-9-22(28(39)40)33-27(38)23(15-17-6-2-1-3-7-17)31-24(35)16-30-26(21)37/h1-7,10-13,20-23,34H,8-9,14-16,29H2,(H,30,37)(H,31,35)(H,32,36)(H,33,38)(H,39,40)/b5-4+/t20-,21+,22+,23-/m0/s1. The number of hydrogen-bond acceptors (Lipinski definition) is 7. The highest BCUT2D eigenvalue weighted by Gasteiger charge is 2.28. The quantitative estimate of drug-likeness (QED) is 0.223. The van der Waals surface area contributed by atoms with E-state index in [1.165, 1.54) is 24.3 Å². The molecule has 8 N–H and O–H groups in total. The number of carbonyl (C=O) groups excluding carboxylic acids is 4. The number of rotatable bonds is 7. The van der Waals surface area contributed by atoms with Crippen LogP contribution >= 0.6 is 0 Å². The van der Waals surface area contributed by atoms with E-state index in [9.17, 15) is 34.2 Å². The molecule has 0 saturated carbocycles. The molecule has 0 radical (unpaired) electrons. The Labute approximate surface area is 231 Å². The van der Waals surface area contributed by atoms with Crippen LogP contribution in [0.25, 0.3) is 0 Å². The predicted molar refractivity (Wildman–Crippen MR) is 145 cm³/mol. The average molecular weight is 552 g/mol. The lowest BCUT2D eigenvalue weighted by atomic mass is 10.0. The van der Waals surface area contributed by atoms with Crippen LogP contribution in [0.1, 0.15) is 24.0 Å². The fourth-order valence-electron chi connectivity index (χ4n) is 4.04. The summed E-state index contributed by atoms with van der Waals surface area (Å²) in [5.41, 5.74) is 7.48. The van der Waals surface area contributed by atoms with Gasteiger partial charge in [0.25, 0.3) is 0 Å². The molecule has 1 aliphatic heterocycles. The third-order valence-corrected chi connectivity index (χ3v) is 6.24. The highest BCUT2D eigenvalue weighted by Crippen LogP contribution is 2.11. The van der Waals surface area contributed by atoms with Crippen molar-refractivity contribution in [2.24, 2.45) is 5.73 Å². The third-order valence-electron chi connectivity index (χ3n) is 6.24. The van der Waals surface area contributed by atoms with E-state index in [0.29, 0.717) is 5.56 Å². The molecule has 0 fully saturated rings. The number of carboxylic acid groups (broad SMARTS) is 1. The molecule has 2 aromatic rings. The van der Waals surface area contributed by atoms with Gasteiger partial charge in [-0.05, 0) is 42.5 Å². The Morgan fingerprint density at radius 2 is 1.60 bits per heavy atom. The van der Waals surface area contributed by atoms with E-state index >= 15 is 0 Å². The lowest BCUT2D eigenvalue weighted by Crippen LogP contribution is -2.55. The largest absolute Gasteiger partial charge is 0.508 e. The van der Waals surface area contributed by atoms with Crippen molar-refractivity contribution in [3.8, 4) is 5.75 Å². The van der Waals surface area contributed by atoms with Gasteiger partial charge in [-0.15, -0.1) is 0 Å². The highest BCUT2D eigenvalue weighted by molar-refractivity contribution is 5.94. The van der Waals surface area contributed by atoms with E-state index in [0.717, 1.165) is 5.56 Å². The van der Waals surface area contributed by atoms with Gasteiger partial charge < -0.3 is 37.2 Å². The molecule has 0 aromatic heterocycles. The van der Waals surface area contributed by atoms with Crippen LogP contribution in [0.3, 0.4) is 0 Å². The zero-order valence-electron chi connectivity index (χ0n) is 21.7. The van der Waals surface area contributed by atoms with Crippen molar-refractivity contribution in [3.63, 3.8) is 0 Å². The maximum atomic E-state index is 12.9. The summed E-state index contributed by atoms with van der Waals surface area (Å²) in [5.74, 6) is -3.79. The average Bonchev–Trinajstić information content (AvgIpc) is 2.93. The molecule has 0 spiro atoms. The lowest BCUT2D eigenvalue weighted by molar-refractivity contribution is -0.142. The van der Waals surface area contributed by atoms with Crippen LogP contribution in [0, 0.1) is 0 Å². The molecule has 40 heavy (non-hydrogen) atoms. The van der Waals surface area contributed by atoms with Crippen LogP contribution in [0.4, 0.5) is 0 Å². The number of phenols is 1. The molecule has 1 heterocycles. The minimum Gasteiger partial charge on any atom is -0.508 e. The van der Waals surface area contributed by atoms with E-state index in [4.69, 9.17) is 5.73 Å². The molecule has 4 amide bonds. The van der Waals surface area contributed by atoms with E-state index in [1.807, 2.05) is 0 Å². The predicted octanol–water partition coefficient (Wildman–Crippen LogP) is -0.490. The maximum absolute atomic E-state index is 12.9. The van der Waals surface area contributed by atoms with Crippen molar-refractivity contribution in [1.82, 2.24) is 21.3 Å². The first kappa shape index (κ1) is 29.8. The molecule has 0 bridgehead atoms. The van der Waals surface area contributed by atoms with Crippen LogP contribution in [0.5, 0.6) is 5.75 Å². The molecule has 3 rings (SSSR count). The molecule has 12 nitrogen and oxygen atoms in total. The number of carboxylic acids is 1. The van der Waals surface area contributed by atoms with Crippen LogP contribution in [-0.2, 0) is 36.8 Å². The number of nitrogens with two attached hydrogens (primary N) is 1. The number of aliphatic carboxylic acids is 1. The van der Waals surface area contributed by atoms with Gasteiger partial charge in [0.1, 0.15) is 23.9 Å². The molecule has 1 aliphatic rings. The van der Waals surface area contributed by atoms with E-state index < -0.39 is 60.3 Å². The molecule has 0 aliphatic carbocycles. The Bertz CT molecular complexity index is 1230. The zero-order chi connectivity index (χ0) is 29.1. The summed E-state index contributed by atoms with van der Waals surface area (Å²) in [6.45, 7) is -0.477. The fourth-order valence-corrected chi connectivity index (χ4v) is 4.04. The van der Waals surface area contributed by atoms with Gasteiger partial charge in [0.05, 0.1) is 12.6 Å². The molecule has 0 saturated heterocycles. The van der Waals surface area contributed by atoms with Crippen molar-refractivity contribution in [1.29, 1.82) is 0 Å². The van der Waals surface area contributed by atoms with Crippen LogP contribution in [0.2, 0.25) is 0 Å². The van der Waals surface area contributed by atoms with Crippen molar-refractivity contribution < 1.29 is 34.2 Å². The van der Waals surface area contributed by atoms with Crippen molar-refractivity contribution in [2.75, 3.05) is 6.54 Å². The van der Waals surface area contributed by atoms with E-state index in [-0.39, 0.29) is 31.4 Å². The molecule has 4 atom stereocenters. The molecule has 12 heteroatoms. The Morgan fingerprint density at radius 3 is 2.27 bits per heavy atom. The van der Waals surface area contributed by atoms with Gasteiger partial charge in [0, 0.05) is 6.42 Å². The molecular formula is C28H33N5O7. The van der Waals surface area contributed by atoms with Gasteiger partial charge in [-0.25, -0.2) is 4.79 Å². The summed E-state index contributed by atoms with van der Waals surface area (Å²) in [5, 5.41) is 29.1. The first-order valence-electron chi connectivity index (χ1n) is 12.8. The van der Waals surface area contributed by atoms with Gasteiger partial charge in [-0.2, -0.15) is 0 Å². The van der Waals surface area contributed by atoms with Crippen LogP contribution in [0.15, 0.2) is 66.7 Å². The van der Waals surface area contributed by atoms with E-state index in [1.54, 1.807) is 42.5 Å². The number of amides is 4. The molecule has 0 unspecified atom stereocenters. The minimum absolute atomic E-state index is 0.0119. The number of hydrogen-bond donors (Lipinski definition) is 7. The molecule has 2 aromatic carbocycles. The van der Waals surface area contributed by atoms with Crippen molar-refractivity contribution >= 4 is 29.6 Å². The second-order valence-electron chi connectivity index (χ2n) is 9.41. The van der Waals surface area contributed by atoms with Crippen molar-refractivity contribution in [2.45, 2.75) is 49.9 Å². The maximum Gasteiger partial charge on any atom is 0.326 e. The second-order valence-corrected chi connectivity index (χ2v) is 9.41. The number of carbonyl (C=O) groups is 5. The second kappa shape index (κ2) is 14.4. The number of aromatic hydroxyl groups is 1. The Morgan fingerprint density at radius 1 is 0.925 bits per heavy atom. The topological polar surface area (TPSA) is 200 Å². The summed E-state index contributed by atoms with van der Waals surface area (Å²) in [4.78, 5) is 63.1. The lowest BCUT2D eigenvalue weighted by Gasteiger charge is -2.23. The van der Waals surface area contributed by atoms with Crippen LogP contribution in [-0.4, -0.2) is 70.5 Å². The Balaban J connectivity index is 1.73. The van der Waals surface area contributed by atoms with Crippen molar-refractivity contribution in [3.05, 3.63) is 77.9 Å². The van der Waals surface area contributed by atoms with Gasteiger partial charge in [-0.1, -0.05) is 54.6 Å².